The van der Waals surface area contributed by atoms with Crippen molar-refractivity contribution in [1.29, 1.82) is 0 Å². The Morgan fingerprint density at radius 1 is 0.372 bits per heavy atom. The van der Waals surface area contributed by atoms with Crippen LogP contribution in [-0.4, -0.2) is 15.0 Å². The number of hydrogen-bond donors (Lipinski definition) is 0. The van der Waals surface area contributed by atoms with E-state index in [1.807, 2.05) is 30.3 Å². The van der Waals surface area contributed by atoms with E-state index in [4.69, 9.17) is 19.4 Å². The molecule has 4 heteroatoms. The van der Waals surface area contributed by atoms with Gasteiger partial charge in [0.25, 0.3) is 0 Å². The molecule has 7 aromatic carbocycles. The largest absolute Gasteiger partial charge is 0.455 e. The van der Waals surface area contributed by atoms with E-state index in [2.05, 4.69) is 109 Å². The number of furan rings is 1. The smallest absolute Gasteiger partial charge is 0.167 e. The predicted molar refractivity (Wildman–Crippen MR) is 176 cm³/mol. The molecule has 0 aliphatic heterocycles. The molecule has 0 unspecified atom stereocenters. The Morgan fingerprint density at radius 2 is 0.953 bits per heavy atom. The summed E-state index contributed by atoms with van der Waals surface area (Å²) in [4.78, 5) is 15.2. The highest BCUT2D eigenvalue weighted by molar-refractivity contribution is 6.10. The first-order valence-corrected chi connectivity index (χ1v) is 14.4. The lowest BCUT2D eigenvalue weighted by Crippen LogP contribution is -2.00. The van der Waals surface area contributed by atoms with Crippen LogP contribution in [0.25, 0.3) is 88.4 Å². The van der Waals surface area contributed by atoms with Gasteiger partial charge in [-0.2, -0.15) is 0 Å². The molecule has 200 valence electrons. The monoisotopic (exact) mass is 549 g/mol. The fourth-order valence-corrected chi connectivity index (χ4v) is 6.16. The van der Waals surface area contributed by atoms with Crippen molar-refractivity contribution in [3.63, 3.8) is 0 Å². The normalized spacial score (nSPS) is 11.7. The van der Waals surface area contributed by atoms with E-state index in [0.717, 1.165) is 49.4 Å². The lowest BCUT2D eigenvalue weighted by Gasteiger charge is -2.10. The van der Waals surface area contributed by atoms with Gasteiger partial charge in [-0.3, -0.25) is 0 Å². The molecule has 0 spiro atoms. The van der Waals surface area contributed by atoms with E-state index in [1.165, 1.54) is 21.5 Å². The summed E-state index contributed by atoms with van der Waals surface area (Å²) in [7, 11) is 0. The van der Waals surface area contributed by atoms with Crippen molar-refractivity contribution in [3.8, 4) is 34.2 Å². The van der Waals surface area contributed by atoms with E-state index < -0.39 is 0 Å². The zero-order valence-corrected chi connectivity index (χ0v) is 23.0. The minimum absolute atomic E-state index is 0.580. The molecule has 2 aromatic heterocycles. The Balaban J connectivity index is 1.29. The van der Waals surface area contributed by atoms with Crippen LogP contribution in [0.2, 0.25) is 0 Å². The van der Waals surface area contributed by atoms with Crippen LogP contribution in [0.5, 0.6) is 0 Å². The highest BCUT2D eigenvalue weighted by Crippen LogP contribution is 2.36. The van der Waals surface area contributed by atoms with Crippen LogP contribution in [-0.2, 0) is 0 Å². The van der Waals surface area contributed by atoms with E-state index in [1.54, 1.807) is 0 Å². The van der Waals surface area contributed by atoms with Crippen LogP contribution in [0.15, 0.2) is 144 Å². The van der Waals surface area contributed by atoms with E-state index >= 15 is 0 Å². The summed E-state index contributed by atoms with van der Waals surface area (Å²) < 4.78 is 6.38. The lowest BCUT2D eigenvalue weighted by atomic mass is 10.00. The summed E-state index contributed by atoms with van der Waals surface area (Å²) in [6.07, 6.45) is 0. The number of benzene rings is 7. The van der Waals surface area contributed by atoms with Crippen LogP contribution in [0.4, 0.5) is 0 Å². The molecule has 0 fully saturated rings. The van der Waals surface area contributed by atoms with E-state index in [-0.39, 0.29) is 0 Å². The third-order valence-electron chi connectivity index (χ3n) is 8.29. The molecule has 0 radical (unpaired) electrons. The first kappa shape index (κ1) is 23.8. The SMILES string of the molecule is c1ccc2cc(-c3nc(-c4ccc5c(ccc6ccccc65)c4)nc(-c4cccc5c4oc4ccccc45)n3)ccc2c1. The summed E-state index contributed by atoms with van der Waals surface area (Å²) in [5.74, 6) is 1.82. The molecule has 4 nitrogen and oxygen atoms in total. The second-order valence-corrected chi connectivity index (χ2v) is 10.9. The van der Waals surface area contributed by atoms with Crippen LogP contribution in [0.3, 0.4) is 0 Å². The van der Waals surface area contributed by atoms with Gasteiger partial charge in [-0.15, -0.1) is 0 Å². The summed E-state index contributed by atoms with van der Waals surface area (Å²) in [6.45, 7) is 0. The minimum atomic E-state index is 0.580. The topological polar surface area (TPSA) is 51.8 Å². The standard InChI is InChI=1S/C39H23N3O/c1-2-10-26-22-28(19-16-24(26)8-1)37-40-38(29-20-21-31-27(23-29)18-17-25-9-3-4-11-30(25)31)42-39(41-37)34-14-7-13-33-32-12-5-6-15-35(32)43-36(33)34/h1-23H. The Labute approximate surface area is 246 Å². The van der Waals surface area contributed by atoms with Crippen molar-refractivity contribution in [1.82, 2.24) is 15.0 Å². The molecule has 0 aliphatic carbocycles. The van der Waals surface area contributed by atoms with Gasteiger partial charge >= 0.3 is 0 Å². The van der Waals surface area contributed by atoms with Gasteiger partial charge in [0.05, 0.1) is 5.56 Å². The quantitative estimate of drug-likeness (QED) is 0.206. The van der Waals surface area contributed by atoms with Crippen molar-refractivity contribution in [2.24, 2.45) is 0 Å². The van der Waals surface area contributed by atoms with E-state index in [0.29, 0.717) is 17.5 Å². The van der Waals surface area contributed by atoms with Crippen molar-refractivity contribution in [2.45, 2.75) is 0 Å². The molecule has 0 saturated carbocycles. The van der Waals surface area contributed by atoms with Crippen molar-refractivity contribution in [2.75, 3.05) is 0 Å². The van der Waals surface area contributed by atoms with Crippen LogP contribution < -0.4 is 0 Å². The minimum Gasteiger partial charge on any atom is -0.455 e. The number of rotatable bonds is 3. The fourth-order valence-electron chi connectivity index (χ4n) is 6.16. The summed E-state index contributed by atoms with van der Waals surface area (Å²) >= 11 is 0. The zero-order chi connectivity index (χ0) is 28.3. The molecule has 43 heavy (non-hydrogen) atoms. The maximum atomic E-state index is 6.38. The summed E-state index contributed by atoms with van der Waals surface area (Å²) in [6, 6.07) is 48.2. The van der Waals surface area contributed by atoms with Gasteiger partial charge < -0.3 is 4.42 Å². The van der Waals surface area contributed by atoms with Crippen molar-refractivity contribution < 1.29 is 4.42 Å². The van der Waals surface area contributed by atoms with Crippen LogP contribution in [0, 0.1) is 0 Å². The van der Waals surface area contributed by atoms with Crippen molar-refractivity contribution in [3.05, 3.63) is 140 Å². The van der Waals surface area contributed by atoms with Gasteiger partial charge in [0.1, 0.15) is 11.2 Å². The average molecular weight is 550 g/mol. The molecule has 0 saturated heterocycles. The highest BCUT2D eigenvalue weighted by Gasteiger charge is 2.18. The Morgan fingerprint density at radius 3 is 1.81 bits per heavy atom. The zero-order valence-electron chi connectivity index (χ0n) is 23.0. The summed E-state index contributed by atoms with van der Waals surface area (Å²) in [5.41, 5.74) is 4.33. The second-order valence-electron chi connectivity index (χ2n) is 10.9. The van der Waals surface area contributed by atoms with Gasteiger partial charge in [-0.1, -0.05) is 115 Å². The molecule has 9 rings (SSSR count). The average Bonchev–Trinajstić information content (AvgIpc) is 3.46. The molecule has 0 bridgehead atoms. The molecular weight excluding hydrogens is 526 g/mol. The lowest BCUT2D eigenvalue weighted by molar-refractivity contribution is 0.669. The molecule has 2 heterocycles. The Hall–Kier alpha value is -5.87. The third-order valence-corrected chi connectivity index (χ3v) is 8.29. The molecule has 0 amide bonds. The molecule has 0 N–H and O–H groups in total. The van der Waals surface area contributed by atoms with Crippen LogP contribution in [0.1, 0.15) is 0 Å². The third kappa shape index (κ3) is 3.88. The molecule has 0 atom stereocenters. The molecule has 0 aliphatic rings. The van der Waals surface area contributed by atoms with Gasteiger partial charge in [0, 0.05) is 21.9 Å². The van der Waals surface area contributed by atoms with Crippen molar-refractivity contribution >= 4 is 54.3 Å². The number of nitrogens with zero attached hydrogens (tertiary/aromatic N) is 3. The first-order valence-electron chi connectivity index (χ1n) is 14.4. The van der Waals surface area contributed by atoms with Gasteiger partial charge in [-0.25, -0.2) is 15.0 Å². The van der Waals surface area contributed by atoms with Gasteiger partial charge in [0.15, 0.2) is 17.5 Å². The summed E-state index contributed by atoms with van der Waals surface area (Å²) in [5, 5.41) is 9.24. The number of para-hydroxylation sites is 2. The molecular formula is C39H23N3O. The Kier molecular flexibility index (Phi) is 5.16. The predicted octanol–water partition coefficient (Wildman–Crippen LogP) is 10.2. The fraction of sp³-hybridized carbons (Fsp3) is 0. The number of aromatic nitrogens is 3. The van der Waals surface area contributed by atoms with Crippen LogP contribution >= 0.6 is 0 Å². The maximum Gasteiger partial charge on any atom is 0.167 e. The molecule has 9 aromatic rings. The maximum absolute atomic E-state index is 6.38. The van der Waals surface area contributed by atoms with Gasteiger partial charge in [-0.05, 0) is 56.6 Å². The highest BCUT2D eigenvalue weighted by atomic mass is 16.3. The first-order chi connectivity index (χ1) is 21.3. The van der Waals surface area contributed by atoms with E-state index in [9.17, 15) is 0 Å². The van der Waals surface area contributed by atoms with Gasteiger partial charge in [0.2, 0.25) is 0 Å². The number of hydrogen-bond acceptors (Lipinski definition) is 4. The Bertz CT molecular complexity index is 2530. The number of fused-ring (bicyclic) bond motifs is 7. The second kappa shape index (κ2) is 9.33.